The van der Waals surface area contributed by atoms with E-state index in [1.165, 1.54) is 13.8 Å². The van der Waals surface area contributed by atoms with E-state index >= 15 is 0 Å². The van der Waals surface area contributed by atoms with E-state index in [9.17, 15) is 13.2 Å². The van der Waals surface area contributed by atoms with Crippen LogP contribution in [0.3, 0.4) is 0 Å². The zero-order valence-electron chi connectivity index (χ0n) is 9.01. The first-order chi connectivity index (χ1) is 6.68. The van der Waals surface area contributed by atoms with Crippen LogP contribution in [0.2, 0.25) is 0 Å². The van der Waals surface area contributed by atoms with E-state index in [2.05, 4.69) is 15.9 Å². The smallest absolute Gasteiger partial charge is 0.166 e. The summed E-state index contributed by atoms with van der Waals surface area (Å²) in [6.45, 7) is 6.41. The van der Waals surface area contributed by atoms with Crippen LogP contribution in [0.25, 0.3) is 0 Å². The van der Waals surface area contributed by atoms with Crippen molar-refractivity contribution in [2.45, 2.75) is 33.9 Å². The third kappa shape index (κ3) is 2.05. The van der Waals surface area contributed by atoms with Gasteiger partial charge in [-0.05, 0) is 49.9 Å². The highest BCUT2D eigenvalue weighted by Gasteiger charge is 2.35. The molecule has 0 aliphatic carbocycles. The van der Waals surface area contributed by atoms with Crippen molar-refractivity contribution in [1.29, 1.82) is 0 Å². The van der Waals surface area contributed by atoms with E-state index in [-0.39, 0.29) is 0 Å². The van der Waals surface area contributed by atoms with E-state index in [4.69, 9.17) is 0 Å². The van der Waals surface area contributed by atoms with Crippen molar-refractivity contribution < 1.29 is 13.2 Å². The molecule has 0 amide bonds. The van der Waals surface area contributed by atoms with Crippen LogP contribution in [-0.4, -0.2) is 0 Å². The second kappa shape index (κ2) is 3.81. The Hall–Kier alpha value is -0.510. The molecule has 84 valence electrons. The predicted molar refractivity (Wildman–Crippen MR) is 58.1 cm³/mol. The number of hydrogen-bond acceptors (Lipinski definition) is 0. The molecular formula is C11H12BrF3. The van der Waals surface area contributed by atoms with Gasteiger partial charge in [0.1, 0.15) is 0 Å². The van der Waals surface area contributed by atoms with Gasteiger partial charge in [-0.2, -0.15) is 13.2 Å². The molecule has 1 rings (SSSR count). The average Bonchev–Trinajstić information content (AvgIpc) is 2.09. The van der Waals surface area contributed by atoms with Crippen molar-refractivity contribution in [1.82, 2.24) is 0 Å². The molecule has 0 saturated carbocycles. The lowest BCUT2D eigenvalue weighted by molar-refractivity contribution is -0.138. The minimum absolute atomic E-state index is 0.303. The van der Waals surface area contributed by atoms with Gasteiger partial charge in [0, 0.05) is 4.47 Å². The molecule has 0 unspecified atom stereocenters. The number of benzene rings is 1. The average molecular weight is 281 g/mol. The normalized spacial score (nSPS) is 12.0. The van der Waals surface area contributed by atoms with E-state index in [0.717, 1.165) is 4.47 Å². The highest BCUT2D eigenvalue weighted by Crippen LogP contribution is 2.39. The molecule has 0 saturated heterocycles. The molecule has 4 heteroatoms. The summed E-state index contributed by atoms with van der Waals surface area (Å²) in [6.07, 6.45) is -4.27. The molecule has 0 spiro atoms. The Labute approximate surface area is 95.6 Å². The molecule has 1 aromatic rings. The molecule has 0 fully saturated rings. The molecule has 0 aliphatic heterocycles. The van der Waals surface area contributed by atoms with Gasteiger partial charge >= 0.3 is 6.18 Å². The Morgan fingerprint density at radius 1 is 0.800 bits per heavy atom. The highest BCUT2D eigenvalue weighted by atomic mass is 79.9. The Bertz CT molecular complexity index is 376. The van der Waals surface area contributed by atoms with E-state index in [0.29, 0.717) is 22.3 Å². The summed E-state index contributed by atoms with van der Waals surface area (Å²) in [4.78, 5) is 0. The summed E-state index contributed by atoms with van der Waals surface area (Å²) in [7, 11) is 0. The zero-order valence-corrected chi connectivity index (χ0v) is 10.6. The number of halogens is 4. The quantitative estimate of drug-likeness (QED) is 0.646. The molecule has 0 heterocycles. The van der Waals surface area contributed by atoms with Crippen molar-refractivity contribution in [2.24, 2.45) is 0 Å². The number of hydrogen-bond donors (Lipinski definition) is 0. The van der Waals surface area contributed by atoms with Crippen molar-refractivity contribution in [3.63, 3.8) is 0 Å². The summed E-state index contributed by atoms with van der Waals surface area (Å²) in [5.41, 5.74) is 1.42. The summed E-state index contributed by atoms with van der Waals surface area (Å²) in [5.74, 6) is 0. The Balaban J connectivity index is 3.68. The molecule has 0 N–H and O–H groups in total. The van der Waals surface area contributed by atoms with Gasteiger partial charge in [-0.15, -0.1) is 0 Å². The first kappa shape index (κ1) is 12.6. The summed E-state index contributed by atoms with van der Waals surface area (Å²) in [5, 5.41) is 0. The summed E-state index contributed by atoms with van der Waals surface area (Å²) < 4.78 is 39.1. The third-order valence-electron chi connectivity index (χ3n) is 2.82. The molecule has 15 heavy (non-hydrogen) atoms. The Morgan fingerprint density at radius 2 is 1.13 bits per heavy atom. The van der Waals surface area contributed by atoms with Crippen molar-refractivity contribution in [2.75, 3.05) is 0 Å². The lowest BCUT2D eigenvalue weighted by atomic mass is 9.94. The molecule has 0 nitrogen and oxygen atoms in total. The molecule has 1 aromatic carbocycles. The summed E-state index contributed by atoms with van der Waals surface area (Å²) in [6, 6.07) is 0. The van der Waals surface area contributed by atoms with E-state index in [1.54, 1.807) is 13.8 Å². The first-order valence-corrected chi connectivity index (χ1v) is 5.30. The number of rotatable bonds is 0. The molecule has 0 bridgehead atoms. The standard InChI is InChI=1S/C11H12BrF3/c1-5-7(3)10(12)8(4)6(2)9(5)11(13,14)15/h1-4H3. The maximum atomic E-state index is 12.8. The van der Waals surface area contributed by atoms with Gasteiger partial charge in [0.2, 0.25) is 0 Å². The fraction of sp³-hybridized carbons (Fsp3) is 0.455. The van der Waals surface area contributed by atoms with Gasteiger partial charge in [0.15, 0.2) is 0 Å². The Morgan fingerprint density at radius 3 is 1.40 bits per heavy atom. The molecule has 0 aromatic heterocycles. The monoisotopic (exact) mass is 280 g/mol. The topological polar surface area (TPSA) is 0 Å². The SMILES string of the molecule is Cc1c(C)c(C(F)(F)F)c(C)c(C)c1Br. The Kier molecular flexibility index (Phi) is 3.19. The van der Waals surface area contributed by atoms with Crippen LogP contribution >= 0.6 is 15.9 Å². The minimum atomic E-state index is -4.27. The molecule has 0 aliphatic rings. The maximum absolute atomic E-state index is 12.8. The van der Waals surface area contributed by atoms with Crippen molar-refractivity contribution >= 4 is 15.9 Å². The molecule has 0 atom stereocenters. The van der Waals surface area contributed by atoms with Crippen LogP contribution in [0.15, 0.2) is 4.47 Å². The fourth-order valence-corrected chi connectivity index (χ4v) is 2.29. The first-order valence-electron chi connectivity index (χ1n) is 4.51. The van der Waals surface area contributed by atoms with Crippen LogP contribution < -0.4 is 0 Å². The summed E-state index contributed by atoms with van der Waals surface area (Å²) >= 11 is 3.31. The maximum Gasteiger partial charge on any atom is 0.416 e. The van der Waals surface area contributed by atoms with Crippen LogP contribution in [0.1, 0.15) is 27.8 Å². The third-order valence-corrected chi connectivity index (χ3v) is 4.01. The lowest BCUT2D eigenvalue weighted by Gasteiger charge is -2.19. The van der Waals surface area contributed by atoms with Gasteiger partial charge in [0.25, 0.3) is 0 Å². The van der Waals surface area contributed by atoms with Gasteiger partial charge in [-0.1, -0.05) is 15.9 Å². The van der Waals surface area contributed by atoms with Crippen LogP contribution in [0.5, 0.6) is 0 Å². The highest BCUT2D eigenvalue weighted by molar-refractivity contribution is 9.10. The predicted octanol–water partition coefficient (Wildman–Crippen LogP) is 4.70. The second-order valence-corrected chi connectivity index (χ2v) is 4.48. The van der Waals surface area contributed by atoms with Gasteiger partial charge in [-0.25, -0.2) is 0 Å². The zero-order chi connectivity index (χ0) is 12.0. The van der Waals surface area contributed by atoms with Crippen molar-refractivity contribution in [3.05, 3.63) is 32.3 Å². The lowest BCUT2D eigenvalue weighted by Crippen LogP contribution is -2.12. The van der Waals surface area contributed by atoms with Crippen molar-refractivity contribution in [3.8, 4) is 0 Å². The largest absolute Gasteiger partial charge is 0.416 e. The van der Waals surface area contributed by atoms with E-state index in [1.807, 2.05) is 0 Å². The van der Waals surface area contributed by atoms with Crippen LogP contribution in [-0.2, 0) is 6.18 Å². The van der Waals surface area contributed by atoms with Gasteiger partial charge in [0.05, 0.1) is 5.56 Å². The minimum Gasteiger partial charge on any atom is -0.166 e. The van der Waals surface area contributed by atoms with Crippen LogP contribution in [0, 0.1) is 27.7 Å². The van der Waals surface area contributed by atoms with Crippen LogP contribution in [0.4, 0.5) is 13.2 Å². The molecule has 0 radical (unpaired) electrons. The fourth-order valence-electron chi connectivity index (χ4n) is 1.69. The number of alkyl halides is 3. The molecular weight excluding hydrogens is 269 g/mol. The van der Waals surface area contributed by atoms with E-state index < -0.39 is 11.7 Å². The van der Waals surface area contributed by atoms with Gasteiger partial charge in [-0.3, -0.25) is 0 Å². The second-order valence-electron chi connectivity index (χ2n) is 3.69. The van der Waals surface area contributed by atoms with Gasteiger partial charge < -0.3 is 0 Å².